The van der Waals surface area contributed by atoms with E-state index in [1.165, 1.54) is 77.0 Å². The minimum absolute atomic E-state index is 0.250. The van der Waals surface area contributed by atoms with Crippen molar-refractivity contribution in [2.75, 3.05) is 13.2 Å². The maximum atomic E-state index is 10.2. The predicted octanol–water partition coefficient (Wildman–Crippen LogP) is 9.14. The lowest BCUT2D eigenvalue weighted by molar-refractivity contribution is -0.139. The summed E-state index contributed by atoms with van der Waals surface area (Å²) < 4.78 is 5.08. The van der Waals surface area contributed by atoms with Gasteiger partial charge in [-0.1, -0.05) is 124 Å². The van der Waals surface area contributed by atoms with E-state index in [1.807, 2.05) is 39.8 Å². The van der Waals surface area contributed by atoms with Gasteiger partial charge in [0.1, 0.15) is 5.75 Å². The first kappa shape index (κ1) is 37.0. The molecule has 0 atom stereocenters. The second-order valence-electron chi connectivity index (χ2n) is 8.61. The number of aliphatic hydroxyl groups is 1. The molecule has 1 aromatic rings. The molecule has 0 heterocycles. The van der Waals surface area contributed by atoms with Gasteiger partial charge in [0.05, 0.1) is 0 Å². The van der Waals surface area contributed by atoms with Crippen molar-refractivity contribution in [3.05, 3.63) is 29.3 Å². The normalized spacial score (nSPS) is 11.9. The molecule has 2 rings (SSSR count). The van der Waals surface area contributed by atoms with Crippen molar-refractivity contribution in [1.29, 1.82) is 0 Å². The lowest BCUT2D eigenvalue weighted by Crippen LogP contribution is -2.10. The monoisotopic (exact) mass is 482 g/mol. The van der Waals surface area contributed by atoms with Crippen LogP contribution in [-0.4, -0.2) is 29.4 Å². The fraction of sp³-hybridized carbons (Fsp3) is 0.767. The first-order valence-corrected chi connectivity index (χ1v) is 13.9. The molecular weight excluding hydrogens is 424 g/mol. The maximum Gasteiger partial charge on any atom is 0.341 e. The summed E-state index contributed by atoms with van der Waals surface area (Å²) in [6.45, 7) is 16.1. The van der Waals surface area contributed by atoms with Gasteiger partial charge < -0.3 is 14.9 Å². The summed E-state index contributed by atoms with van der Waals surface area (Å²) in [5, 5.41) is 16.0. The fourth-order valence-corrected chi connectivity index (χ4v) is 3.53. The van der Waals surface area contributed by atoms with Gasteiger partial charge in [-0.3, -0.25) is 0 Å². The average molecular weight is 483 g/mol. The third-order valence-corrected chi connectivity index (χ3v) is 5.35. The second-order valence-corrected chi connectivity index (χ2v) is 8.61. The van der Waals surface area contributed by atoms with Gasteiger partial charge in [0.2, 0.25) is 0 Å². The molecule has 34 heavy (non-hydrogen) atoms. The Balaban J connectivity index is -0.000000433. The highest BCUT2D eigenvalue weighted by atomic mass is 16.5. The standard InChI is InChI=1S/C13H26.C10H12O3.C3H8.C2H6O.C2H6/c1-2-3-4-5-6-7-10-13-11-8-9-12-13;1-7-4-3-5-9(8(7)2)13-6-10(11)12;1-3-2;1-2-3;1-2/h13H,2-12H2,1H3;3-5H,6H2,1-2H3,(H,11,12);3H2,1-2H3;3H,2H2,1H3;1-2H3. The van der Waals surface area contributed by atoms with E-state index in [2.05, 4.69) is 20.8 Å². The zero-order valence-corrected chi connectivity index (χ0v) is 23.9. The molecule has 0 aromatic heterocycles. The minimum Gasteiger partial charge on any atom is -0.482 e. The van der Waals surface area contributed by atoms with E-state index >= 15 is 0 Å². The molecule has 1 aromatic carbocycles. The van der Waals surface area contributed by atoms with Crippen molar-refractivity contribution in [3.8, 4) is 5.75 Å². The zero-order valence-electron chi connectivity index (χ0n) is 23.9. The van der Waals surface area contributed by atoms with Gasteiger partial charge in [0.15, 0.2) is 6.61 Å². The van der Waals surface area contributed by atoms with Gasteiger partial charge in [-0.2, -0.15) is 0 Å². The topological polar surface area (TPSA) is 66.8 Å². The van der Waals surface area contributed by atoms with Crippen LogP contribution in [0.25, 0.3) is 0 Å². The molecular formula is C30H58O4. The molecule has 1 saturated carbocycles. The van der Waals surface area contributed by atoms with Crippen LogP contribution in [0.4, 0.5) is 0 Å². The lowest BCUT2D eigenvalue weighted by Gasteiger charge is -2.08. The van der Waals surface area contributed by atoms with Crippen LogP contribution in [0.15, 0.2) is 18.2 Å². The maximum absolute atomic E-state index is 10.2. The third-order valence-electron chi connectivity index (χ3n) is 5.35. The van der Waals surface area contributed by atoms with Crippen molar-refractivity contribution in [2.24, 2.45) is 5.92 Å². The molecule has 0 saturated heterocycles. The van der Waals surface area contributed by atoms with E-state index < -0.39 is 5.97 Å². The summed E-state index contributed by atoms with van der Waals surface area (Å²) in [6, 6.07) is 5.58. The van der Waals surface area contributed by atoms with Crippen LogP contribution in [0.3, 0.4) is 0 Å². The molecule has 0 unspecified atom stereocenters. The summed E-state index contributed by atoms with van der Waals surface area (Å²) >= 11 is 0. The summed E-state index contributed by atoms with van der Waals surface area (Å²) in [5.41, 5.74) is 2.09. The van der Waals surface area contributed by atoms with Crippen molar-refractivity contribution < 1.29 is 19.7 Å². The smallest absolute Gasteiger partial charge is 0.341 e. The quantitative estimate of drug-likeness (QED) is 0.326. The van der Waals surface area contributed by atoms with Gasteiger partial charge in [0.25, 0.3) is 0 Å². The fourth-order valence-electron chi connectivity index (χ4n) is 3.53. The van der Waals surface area contributed by atoms with Gasteiger partial charge in [0, 0.05) is 6.61 Å². The van der Waals surface area contributed by atoms with Crippen LogP contribution in [0.5, 0.6) is 5.75 Å². The molecule has 0 bridgehead atoms. The number of carbonyl (C=O) groups is 1. The van der Waals surface area contributed by atoms with Crippen LogP contribution in [0.1, 0.15) is 130 Å². The van der Waals surface area contributed by atoms with Crippen molar-refractivity contribution >= 4 is 5.97 Å². The third kappa shape index (κ3) is 25.1. The van der Waals surface area contributed by atoms with Crippen molar-refractivity contribution in [3.63, 3.8) is 0 Å². The zero-order chi connectivity index (χ0) is 26.6. The Hall–Kier alpha value is -1.55. The van der Waals surface area contributed by atoms with E-state index in [0.29, 0.717) is 5.75 Å². The number of hydrogen-bond acceptors (Lipinski definition) is 3. The van der Waals surface area contributed by atoms with Gasteiger partial charge in [-0.15, -0.1) is 0 Å². The van der Waals surface area contributed by atoms with E-state index in [-0.39, 0.29) is 13.2 Å². The van der Waals surface area contributed by atoms with E-state index in [9.17, 15) is 4.79 Å². The minimum atomic E-state index is -0.957. The molecule has 4 heteroatoms. The highest BCUT2D eigenvalue weighted by molar-refractivity contribution is 5.68. The number of carboxylic acids is 1. The highest BCUT2D eigenvalue weighted by Gasteiger charge is 2.13. The molecule has 4 nitrogen and oxygen atoms in total. The summed E-state index contributed by atoms with van der Waals surface area (Å²) in [6.07, 6.45) is 17.7. The van der Waals surface area contributed by atoms with Crippen molar-refractivity contribution in [1.82, 2.24) is 0 Å². The predicted molar refractivity (Wildman–Crippen MR) is 149 cm³/mol. The molecule has 2 N–H and O–H groups in total. The number of rotatable bonds is 10. The molecule has 1 aliphatic carbocycles. The lowest BCUT2D eigenvalue weighted by atomic mass is 9.99. The van der Waals surface area contributed by atoms with Crippen LogP contribution >= 0.6 is 0 Å². The van der Waals surface area contributed by atoms with E-state index in [0.717, 1.165) is 17.0 Å². The van der Waals surface area contributed by atoms with E-state index in [4.69, 9.17) is 14.9 Å². The van der Waals surface area contributed by atoms with Crippen LogP contribution in [0, 0.1) is 19.8 Å². The van der Waals surface area contributed by atoms with Gasteiger partial charge >= 0.3 is 5.97 Å². The summed E-state index contributed by atoms with van der Waals surface area (Å²) in [5.74, 6) is 0.800. The highest BCUT2D eigenvalue weighted by Crippen LogP contribution is 2.29. The molecule has 1 aliphatic rings. The van der Waals surface area contributed by atoms with Gasteiger partial charge in [-0.05, 0) is 43.9 Å². The number of hydrogen-bond donors (Lipinski definition) is 2. The largest absolute Gasteiger partial charge is 0.482 e. The molecule has 1 fully saturated rings. The number of carboxylic acid groups (broad SMARTS) is 1. The number of ether oxygens (including phenoxy) is 1. The Morgan fingerprint density at radius 2 is 1.44 bits per heavy atom. The Bertz CT molecular complexity index is 535. The Labute approximate surface area is 212 Å². The first-order valence-electron chi connectivity index (χ1n) is 13.9. The van der Waals surface area contributed by atoms with Crippen LogP contribution < -0.4 is 4.74 Å². The van der Waals surface area contributed by atoms with Gasteiger partial charge in [-0.25, -0.2) is 4.79 Å². The Morgan fingerprint density at radius 3 is 1.94 bits per heavy atom. The number of aliphatic carboxylic acids is 1. The SMILES string of the molecule is CC.CCC.CCCCCCCCC1CCCC1.CCO.Cc1cccc(OCC(=O)O)c1C. The summed E-state index contributed by atoms with van der Waals surface area (Å²) in [7, 11) is 0. The second kappa shape index (κ2) is 29.5. The number of benzene rings is 1. The first-order chi connectivity index (χ1) is 16.4. The Kier molecular flexibility index (Phi) is 32.1. The molecule has 0 amide bonds. The molecule has 0 aliphatic heterocycles. The van der Waals surface area contributed by atoms with E-state index in [1.54, 1.807) is 13.0 Å². The van der Waals surface area contributed by atoms with Crippen molar-refractivity contribution in [2.45, 2.75) is 132 Å². The number of aliphatic hydroxyl groups excluding tert-OH is 1. The Morgan fingerprint density at radius 1 is 0.941 bits per heavy atom. The number of unbranched alkanes of at least 4 members (excludes halogenated alkanes) is 5. The van der Waals surface area contributed by atoms with Crippen LogP contribution in [-0.2, 0) is 4.79 Å². The molecule has 0 spiro atoms. The van der Waals surface area contributed by atoms with Crippen LogP contribution in [0.2, 0.25) is 0 Å². The summed E-state index contributed by atoms with van der Waals surface area (Å²) in [4.78, 5) is 10.2. The molecule has 0 radical (unpaired) electrons. The molecule has 202 valence electrons. The average Bonchev–Trinajstić information content (AvgIpc) is 3.34. The number of aryl methyl sites for hydroxylation is 1.